The zero-order chi connectivity index (χ0) is 19.8. The second kappa shape index (κ2) is 9.68. The molecule has 3 rings (SSSR count). The predicted molar refractivity (Wildman–Crippen MR) is 103 cm³/mol. The first-order chi connectivity index (χ1) is 13.6. The number of hydrogen-bond donors (Lipinski definition) is 0. The SMILES string of the molecule is Cc1ccc(OCCC(=O)OCC(=O)N2CCN(c3ncccn3)CC2)cc1. The molecule has 0 saturated carbocycles. The van der Waals surface area contributed by atoms with Crippen molar-refractivity contribution in [3.63, 3.8) is 0 Å². The maximum Gasteiger partial charge on any atom is 0.309 e. The van der Waals surface area contributed by atoms with E-state index in [4.69, 9.17) is 9.47 Å². The molecule has 0 bridgehead atoms. The third-order valence-electron chi connectivity index (χ3n) is 4.42. The summed E-state index contributed by atoms with van der Waals surface area (Å²) < 4.78 is 10.6. The number of aryl methyl sites for hydroxylation is 1. The average Bonchev–Trinajstić information content (AvgIpc) is 2.74. The van der Waals surface area contributed by atoms with Crippen molar-refractivity contribution in [3.8, 4) is 5.75 Å². The number of aromatic nitrogens is 2. The van der Waals surface area contributed by atoms with Gasteiger partial charge >= 0.3 is 5.97 Å². The van der Waals surface area contributed by atoms with Gasteiger partial charge in [0.1, 0.15) is 5.75 Å². The number of carbonyl (C=O) groups is 2. The van der Waals surface area contributed by atoms with Crippen LogP contribution in [-0.2, 0) is 14.3 Å². The Morgan fingerprint density at radius 2 is 1.71 bits per heavy atom. The van der Waals surface area contributed by atoms with Gasteiger partial charge in [-0.25, -0.2) is 9.97 Å². The lowest BCUT2D eigenvalue weighted by molar-refractivity contribution is -0.152. The average molecular weight is 384 g/mol. The van der Waals surface area contributed by atoms with Gasteiger partial charge in [-0.3, -0.25) is 9.59 Å². The maximum atomic E-state index is 12.2. The third-order valence-corrected chi connectivity index (χ3v) is 4.42. The van der Waals surface area contributed by atoms with E-state index in [-0.39, 0.29) is 25.5 Å². The Bertz CT molecular complexity index is 775. The zero-order valence-electron chi connectivity index (χ0n) is 15.9. The second-order valence-corrected chi connectivity index (χ2v) is 6.49. The molecule has 1 fully saturated rings. The first-order valence-electron chi connectivity index (χ1n) is 9.26. The lowest BCUT2D eigenvalue weighted by atomic mass is 10.2. The summed E-state index contributed by atoms with van der Waals surface area (Å²) in [7, 11) is 0. The minimum absolute atomic E-state index is 0.0975. The van der Waals surface area contributed by atoms with Gasteiger partial charge in [-0.15, -0.1) is 0 Å². The Balaban J connectivity index is 1.33. The molecule has 0 radical (unpaired) electrons. The van der Waals surface area contributed by atoms with Crippen LogP contribution >= 0.6 is 0 Å². The fraction of sp³-hybridized carbons (Fsp3) is 0.400. The number of carbonyl (C=O) groups excluding carboxylic acids is 2. The van der Waals surface area contributed by atoms with Gasteiger partial charge in [0, 0.05) is 38.6 Å². The van der Waals surface area contributed by atoms with Crippen LogP contribution in [0.1, 0.15) is 12.0 Å². The van der Waals surface area contributed by atoms with E-state index in [2.05, 4.69) is 9.97 Å². The van der Waals surface area contributed by atoms with Crippen LogP contribution < -0.4 is 9.64 Å². The monoisotopic (exact) mass is 384 g/mol. The van der Waals surface area contributed by atoms with Crippen LogP contribution in [0, 0.1) is 6.92 Å². The van der Waals surface area contributed by atoms with E-state index in [1.54, 1.807) is 23.4 Å². The number of ether oxygens (including phenoxy) is 2. The Labute approximate surface area is 164 Å². The molecule has 1 amide bonds. The molecule has 1 aliphatic heterocycles. The Morgan fingerprint density at radius 1 is 1.04 bits per heavy atom. The molecule has 2 aromatic rings. The lowest BCUT2D eigenvalue weighted by Gasteiger charge is -2.34. The normalized spacial score (nSPS) is 13.9. The van der Waals surface area contributed by atoms with Crippen LogP contribution in [-0.4, -0.2) is 66.1 Å². The topological polar surface area (TPSA) is 84.9 Å². The second-order valence-electron chi connectivity index (χ2n) is 6.49. The van der Waals surface area contributed by atoms with Crippen molar-refractivity contribution in [2.45, 2.75) is 13.3 Å². The number of esters is 1. The van der Waals surface area contributed by atoms with Crippen molar-refractivity contribution in [2.24, 2.45) is 0 Å². The van der Waals surface area contributed by atoms with Gasteiger partial charge in [0.05, 0.1) is 13.0 Å². The molecule has 1 aromatic heterocycles. The summed E-state index contributed by atoms with van der Waals surface area (Å²) >= 11 is 0. The number of anilines is 1. The van der Waals surface area contributed by atoms with E-state index in [1.165, 1.54) is 0 Å². The van der Waals surface area contributed by atoms with Crippen LogP contribution in [0.2, 0.25) is 0 Å². The van der Waals surface area contributed by atoms with Crippen LogP contribution in [0.15, 0.2) is 42.7 Å². The van der Waals surface area contributed by atoms with E-state index >= 15 is 0 Å². The molecule has 1 aromatic carbocycles. The molecule has 148 valence electrons. The van der Waals surface area contributed by atoms with Gasteiger partial charge in [0.15, 0.2) is 6.61 Å². The van der Waals surface area contributed by atoms with Crippen LogP contribution in [0.25, 0.3) is 0 Å². The van der Waals surface area contributed by atoms with E-state index < -0.39 is 5.97 Å². The van der Waals surface area contributed by atoms with Gasteiger partial charge in [-0.05, 0) is 25.1 Å². The molecular weight excluding hydrogens is 360 g/mol. The molecule has 0 spiro atoms. The summed E-state index contributed by atoms with van der Waals surface area (Å²) in [4.78, 5) is 36.2. The Morgan fingerprint density at radius 3 is 2.39 bits per heavy atom. The van der Waals surface area contributed by atoms with Gasteiger partial charge in [0.25, 0.3) is 5.91 Å². The molecule has 8 heteroatoms. The summed E-state index contributed by atoms with van der Waals surface area (Å²) in [5.41, 5.74) is 1.14. The summed E-state index contributed by atoms with van der Waals surface area (Å²) in [5.74, 6) is 0.725. The standard InChI is InChI=1S/C20H24N4O4/c1-16-3-5-17(6-4-16)27-14-7-19(26)28-15-18(25)23-10-12-24(13-11-23)20-21-8-2-9-22-20/h2-6,8-9H,7,10-15H2,1H3. The zero-order valence-corrected chi connectivity index (χ0v) is 15.9. The number of rotatable bonds is 7. The van der Waals surface area contributed by atoms with Crippen molar-refractivity contribution in [3.05, 3.63) is 48.3 Å². The van der Waals surface area contributed by atoms with Crippen LogP contribution in [0.3, 0.4) is 0 Å². The van der Waals surface area contributed by atoms with Gasteiger partial charge in [0.2, 0.25) is 5.95 Å². The van der Waals surface area contributed by atoms with Crippen LogP contribution in [0.5, 0.6) is 5.75 Å². The number of piperazine rings is 1. The van der Waals surface area contributed by atoms with Gasteiger partial charge in [-0.1, -0.05) is 17.7 Å². The molecule has 1 saturated heterocycles. The molecule has 0 aliphatic carbocycles. The summed E-state index contributed by atoms with van der Waals surface area (Å²) in [5, 5.41) is 0. The van der Waals surface area contributed by atoms with Crippen molar-refractivity contribution >= 4 is 17.8 Å². The fourth-order valence-corrected chi connectivity index (χ4v) is 2.80. The highest BCUT2D eigenvalue weighted by atomic mass is 16.5. The van der Waals surface area contributed by atoms with Crippen molar-refractivity contribution in [1.29, 1.82) is 0 Å². The van der Waals surface area contributed by atoms with Gasteiger partial charge < -0.3 is 19.3 Å². The largest absolute Gasteiger partial charge is 0.493 e. The predicted octanol–water partition coefficient (Wildman–Crippen LogP) is 1.45. The molecular formula is C20H24N4O4. The summed E-state index contributed by atoms with van der Waals surface area (Å²) in [6.07, 6.45) is 3.49. The van der Waals surface area contributed by atoms with Gasteiger partial charge in [-0.2, -0.15) is 0 Å². The summed E-state index contributed by atoms with van der Waals surface area (Å²) in [6.45, 7) is 4.35. The highest BCUT2D eigenvalue weighted by Gasteiger charge is 2.23. The molecule has 0 N–H and O–H groups in total. The van der Waals surface area contributed by atoms with E-state index in [0.717, 1.165) is 5.56 Å². The quantitative estimate of drug-likeness (QED) is 0.668. The first kappa shape index (κ1) is 19.6. The minimum atomic E-state index is -0.447. The van der Waals surface area contributed by atoms with Crippen molar-refractivity contribution in [2.75, 3.05) is 44.3 Å². The van der Waals surface area contributed by atoms with Crippen molar-refractivity contribution < 1.29 is 19.1 Å². The fourth-order valence-electron chi connectivity index (χ4n) is 2.80. The van der Waals surface area contributed by atoms with Crippen LogP contribution in [0.4, 0.5) is 5.95 Å². The number of nitrogens with zero attached hydrogens (tertiary/aromatic N) is 4. The van der Waals surface area contributed by atoms with E-state index in [0.29, 0.717) is 37.9 Å². The molecule has 1 aliphatic rings. The Hall–Kier alpha value is -3.16. The first-order valence-corrected chi connectivity index (χ1v) is 9.26. The van der Waals surface area contributed by atoms with E-state index in [9.17, 15) is 9.59 Å². The smallest absolute Gasteiger partial charge is 0.309 e. The lowest BCUT2D eigenvalue weighted by Crippen LogP contribution is -2.50. The minimum Gasteiger partial charge on any atom is -0.493 e. The van der Waals surface area contributed by atoms with Crippen molar-refractivity contribution in [1.82, 2.24) is 14.9 Å². The Kier molecular flexibility index (Phi) is 6.78. The molecule has 0 unspecified atom stereocenters. The number of amides is 1. The number of hydrogen-bond acceptors (Lipinski definition) is 7. The highest BCUT2D eigenvalue weighted by molar-refractivity contribution is 5.80. The van der Waals surface area contributed by atoms with E-state index in [1.807, 2.05) is 36.1 Å². The number of benzene rings is 1. The molecule has 0 atom stereocenters. The molecule has 8 nitrogen and oxygen atoms in total. The molecule has 28 heavy (non-hydrogen) atoms. The molecule has 2 heterocycles. The maximum absolute atomic E-state index is 12.2. The third kappa shape index (κ3) is 5.67. The highest BCUT2D eigenvalue weighted by Crippen LogP contribution is 2.12. The summed E-state index contributed by atoms with van der Waals surface area (Å²) in [6, 6.07) is 9.35.